The van der Waals surface area contributed by atoms with Crippen LogP contribution in [0.3, 0.4) is 0 Å². The van der Waals surface area contributed by atoms with Crippen LogP contribution < -0.4 is 0 Å². The van der Waals surface area contributed by atoms with E-state index in [9.17, 15) is 0 Å². The Labute approximate surface area is 257 Å². The van der Waals surface area contributed by atoms with Crippen LogP contribution in [-0.2, 0) is 0 Å². The Balaban J connectivity index is 1.46. The summed E-state index contributed by atoms with van der Waals surface area (Å²) in [7, 11) is 0. The molecule has 0 aliphatic rings. The van der Waals surface area contributed by atoms with Crippen molar-refractivity contribution in [1.29, 1.82) is 0 Å². The minimum Gasteiger partial charge on any atom is -0.231 e. The van der Waals surface area contributed by atoms with Crippen LogP contribution in [0.2, 0.25) is 5.02 Å². The second kappa shape index (κ2) is 10.3. The molecule has 2 aromatic heterocycles. The number of nitrogens with zero attached hydrogens (tertiary/aromatic N) is 4. The summed E-state index contributed by atoms with van der Waals surface area (Å²) in [5, 5.41) is 13.2. The molecule has 0 bridgehead atoms. The topological polar surface area (TPSA) is 35.6 Å². The van der Waals surface area contributed by atoms with E-state index in [2.05, 4.69) is 114 Å². The summed E-state index contributed by atoms with van der Waals surface area (Å²) < 4.78 is 3.96. The molecule has 7 rings (SSSR count). The Morgan fingerprint density at radius 3 is 1.26 bits per heavy atom. The number of benzene rings is 5. The predicted octanol–water partition coefficient (Wildman–Crippen LogP) is 10.2. The molecule has 0 spiro atoms. The fourth-order valence-corrected chi connectivity index (χ4v) is 7.10. The molecule has 0 N–H and O–H groups in total. The maximum atomic E-state index is 7.33. The van der Waals surface area contributed by atoms with E-state index in [0.29, 0.717) is 5.02 Å². The summed E-state index contributed by atoms with van der Waals surface area (Å²) in [6.07, 6.45) is 0. The van der Waals surface area contributed by atoms with E-state index in [1.165, 1.54) is 44.5 Å². The molecule has 0 saturated carbocycles. The van der Waals surface area contributed by atoms with Crippen molar-refractivity contribution in [2.24, 2.45) is 0 Å². The molecule has 0 saturated heterocycles. The second-order valence-corrected chi connectivity index (χ2v) is 12.1. The first kappa shape index (κ1) is 27.2. The largest absolute Gasteiger partial charge is 0.231 e. The molecular formula is C38H33ClN4. The van der Waals surface area contributed by atoms with Crippen LogP contribution in [-0.4, -0.2) is 19.6 Å². The van der Waals surface area contributed by atoms with Gasteiger partial charge in [0, 0.05) is 21.9 Å². The first-order valence-electron chi connectivity index (χ1n) is 14.6. The van der Waals surface area contributed by atoms with Gasteiger partial charge in [0.25, 0.3) is 0 Å². The van der Waals surface area contributed by atoms with Crippen LogP contribution in [0, 0.1) is 41.5 Å². The molecule has 0 aliphatic heterocycles. The average Bonchev–Trinajstić information content (AvgIpc) is 3.52. The molecule has 0 aliphatic carbocycles. The summed E-state index contributed by atoms with van der Waals surface area (Å²) >= 11 is 7.33. The highest BCUT2D eigenvalue weighted by Crippen LogP contribution is 2.39. The third-order valence-electron chi connectivity index (χ3n) is 8.42. The van der Waals surface area contributed by atoms with Crippen molar-refractivity contribution in [3.8, 4) is 33.9 Å². The number of hydrogen-bond donors (Lipinski definition) is 0. The quantitative estimate of drug-likeness (QED) is 0.207. The van der Waals surface area contributed by atoms with Crippen molar-refractivity contribution in [1.82, 2.24) is 19.6 Å². The minimum absolute atomic E-state index is 0.594. The monoisotopic (exact) mass is 580 g/mol. The van der Waals surface area contributed by atoms with Crippen molar-refractivity contribution in [2.75, 3.05) is 0 Å². The van der Waals surface area contributed by atoms with Crippen molar-refractivity contribution >= 4 is 33.4 Å². The fourth-order valence-electron chi connectivity index (χ4n) is 6.81. The van der Waals surface area contributed by atoms with Gasteiger partial charge in [-0.2, -0.15) is 10.2 Å². The van der Waals surface area contributed by atoms with Gasteiger partial charge in [0.15, 0.2) is 0 Å². The molecule has 0 amide bonds. The predicted molar refractivity (Wildman–Crippen MR) is 180 cm³/mol. The lowest BCUT2D eigenvalue weighted by molar-refractivity contribution is 0.889. The third-order valence-corrected chi connectivity index (χ3v) is 8.80. The van der Waals surface area contributed by atoms with E-state index in [4.69, 9.17) is 21.8 Å². The zero-order valence-corrected chi connectivity index (χ0v) is 26.1. The second-order valence-electron chi connectivity index (χ2n) is 11.7. The van der Waals surface area contributed by atoms with Crippen LogP contribution in [0.1, 0.15) is 33.4 Å². The molecule has 5 heteroatoms. The van der Waals surface area contributed by atoms with E-state index < -0.39 is 0 Å². The van der Waals surface area contributed by atoms with Crippen LogP contribution in [0.25, 0.3) is 55.7 Å². The summed E-state index contributed by atoms with van der Waals surface area (Å²) in [6.45, 7) is 12.9. The molecule has 0 unspecified atom stereocenters. The summed E-state index contributed by atoms with van der Waals surface area (Å²) in [5.74, 6) is 0. The van der Waals surface area contributed by atoms with Gasteiger partial charge in [0.2, 0.25) is 0 Å². The third kappa shape index (κ3) is 4.36. The molecule has 5 aromatic carbocycles. The molecule has 0 radical (unpaired) electrons. The smallest absolute Gasteiger partial charge is 0.101 e. The van der Waals surface area contributed by atoms with Gasteiger partial charge in [0.1, 0.15) is 11.4 Å². The number of rotatable bonds is 4. The maximum Gasteiger partial charge on any atom is 0.101 e. The highest BCUT2D eigenvalue weighted by Gasteiger charge is 2.22. The number of aromatic nitrogens is 4. The highest BCUT2D eigenvalue weighted by molar-refractivity contribution is 6.34. The number of halogens is 1. The maximum absolute atomic E-state index is 7.33. The van der Waals surface area contributed by atoms with Gasteiger partial charge in [-0.05, 0) is 88.1 Å². The lowest BCUT2D eigenvalue weighted by Gasteiger charge is -2.12. The first-order chi connectivity index (χ1) is 20.7. The van der Waals surface area contributed by atoms with Crippen molar-refractivity contribution in [3.05, 3.63) is 129 Å². The van der Waals surface area contributed by atoms with E-state index >= 15 is 0 Å². The molecule has 2 heterocycles. The molecule has 0 atom stereocenters. The number of para-hydroxylation sites is 2. The molecule has 0 fully saturated rings. The Kier molecular flexibility index (Phi) is 6.48. The van der Waals surface area contributed by atoms with Crippen LogP contribution in [0.15, 0.2) is 91.0 Å². The van der Waals surface area contributed by atoms with Crippen LogP contribution in [0.4, 0.5) is 0 Å². The minimum atomic E-state index is 0.594. The van der Waals surface area contributed by atoms with Gasteiger partial charge in [0.05, 0.1) is 27.4 Å². The number of aryl methyl sites for hydroxylation is 6. The summed E-state index contributed by atoms with van der Waals surface area (Å²) in [5.41, 5.74) is 15.2. The Hall–Kier alpha value is -4.67. The van der Waals surface area contributed by atoms with Crippen LogP contribution in [0.5, 0.6) is 0 Å². The standard InChI is InChI=1S/C38H33ClN4/c1-22-18-24(3)34(25(4)19-22)37-28-12-7-9-14-30(28)42(40-37)32-16-11-17-33(36(32)39)43-31-15-10-8-13-29(31)38(41-43)35-26(5)20-23(2)21-27(35)6/h7-21H,1-6H3. The Bertz CT molecular complexity index is 2020. The zero-order valence-electron chi connectivity index (χ0n) is 25.3. The summed E-state index contributed by atoms with van der Waals surface area (Å²) in [4.78, 5) is 0. The normalized spacial score (nSPS) is 11.6. The van der Waals surface area contributed by atoms with E-state index in [0.717, 1.165) is 44.6 Å². The van der Waals surface area contributed by atoms with Gasteiger partial charge in [-0.3, -0.25) is 0 Å². The van der Waals surface area contributed by atoms with E-state index in [1.807, 2.05) is 27.6 Å². The Morgan fingerprint density at radius 2 is 0.860 bits per heavy atom. The van der Waals surface area contributed by atoms with E-state index in [-0.39, 0.29) is 0 Å². The van der Waals surface area contributed by atoms with Gasteiger partial charge >= 0.3 is 0 Å². The van der Waals surface area contributed by atoms with Gasteiger partial charge in [-0.1, -0.05) is 89.5 Å². The van der Waals surface area contributed by atoms with Crippen molar-refractivity contribution in [2.45, 2.75) is 41.5 Å². The average molecular weight is 581 g/mol. The zero-order chi connectivity index (χ0) is 30.0. The summed E-state index contributed by atoms with van der Waals surface area (Å²) in [6, 6.07) is 31.7. The molecule has 43 heavy (non-hydrogen) atoms. The number of fused-ring (bicyclic) bond motifs is 2. The van der Waals surface area contributed by atoms with E-state index in [1.54, 1.807) is 0 Å². The van der Waals surface area contributed by atoms with Gasteiger partial charge in [-0.15, -0.1) is 0 Å². The lowest BCUT2D eigenvalue weighted by Crippen LogP contribution is -2.03. The first-order valence-corrected chi connectivity index (χ1v) is 15.0. The highest BCUT2D eigenvalue weighted by atomic mass is 35.5. The van der Waals surface area contributed by atoms with Gasteiger partial charge in [-0.25, -0.2) is 9.36 Å². The van der Waals surface area contributed by atoms with Crippen molar-refractivity contribution < 1.29 is 0 Å². The van der Waals surface area contributed by atoms with Crippen LogP contribution >= 0.6 is 11.6 Å². The SMILES string of the molecule is Cc1cc(C)c(-c2nn(-c3cccc(-n4nc(-c5c(C)cc(C)cc5C)c5ccccc54)c3Cl)c3ccccc23)c(C)c1. The molecular weight excluding hydrogens is 548 g/mol. The molecule has 4 nitrogen and oxygen atoms in total. The fraction of sp³-hybridized carbons (Fsp3) is 0.158. The molecule has 212 valence electrons. The van der Waals surface area contributed by atoms with Gasteiger partial charge < -0.3 is 0 Å². The van der Waals surface area contributed by atoms with Crippen molar-refractivity contribution in [3.63, 3.8) is 0 Å². The Morgan fingerprint density at radius 1 is 0.488 bits per heavy atom. The number of hydrogen-bond acceptors (Lipinski definition) is 2. The lowest BCUT2D eigenvalue weighted by atomic mass is 9.96. The molecule has 7 aromatic rings.